The molecule has 2 nitrogen and oxygen atoms in total. The summed E-state index contributed by atoms with van der Waals surface area (Å²) in [6.07, 6.45) is 0.849. The molecule has 25 heavy (non-hydrogen) atoms. The predicted octanol–water partition coefficient (Wildman–Crippen LogP) is 5.45. The van der Waals surface area contributed by atoms with Gasteiger partial charge in [0.15, 0.2) is 5.12 Å². The summed E-state index contributed by atoms with van der Waals surface area (Å²) in [5.41, 5.74) is 3.53. The Hall–Kier alpha value is -1.58. The molecule has 2 aromatic carbocycles. The van der Waals surface area contributed by atoms with Gasteiger partial charge in [0, 0.05) is 12.3 Å². The lowest BCUT2D eigenvalue weighted by atomic mass is 9.95. The number of rotatable bonds is 9. The minimum Gasteiger partial charge on any atom is -0.303 e. The van der Waals surface area contributed by atoms with Crippen LogP contribution in [-0.4, -0.2) is 35.4 Å². The summed E-state index contributed by atoms with van der Waals surface area (Å²) >= 11 is 1.48. The van der Waals surface area contributed by atoms with Crippen molar-refractivity contribution in [1.29, 1.82) is 0 Å². The van der Waals surface area contributed by atoms with Gasteiger partial charge in [0.1, 0.15) is 0 Å². The monoisotopic (exact) mass is 355 g/mol. The highest BCUT2D eigenvalue weighted by atomic mass is 32.2. The highest BCUT2D eigenvalue weighted by Gasteiger charge is 2.19. The van der Waals surface area contributed by atoms with E-state index < -0.39 is 0 Å². The molecule has 2 rings (SSSR count). The molecule has 0 aliphatic rings. The minimum absolute atomic E-state index is 0.00785. The van der Waals surface area contributed by atoms with E-state index in [9.17, 15) is 4.79 Å². The Balaban J connectivity index is 1.98. The van der Waals surface area contributed by atoms with Crippen molar-refractivity contribution >= 4 is 16.9 Å². The van der Waals surface area contributed by atoms with Crippen LogP contribution in [0.4, 0.5) is 0 Å². The topological polar surface area (TPSA) is 20.3 Å². The number of hydrogen-bond acceptors (Lipinski definition) is 3. The van der Waals surface area contributed by atoms with E-state index in [0.29, 0.717) is 5.12 Å². The predicted molar refractivity (Wildman–Crippen MR) is 110 cm³/mol. The highest BCUT2D eigenvalue weighted by molar-refractivity contribution is 8.13. The van der Waals surface area contributed by atoms with E-state index in [1.807, 2.05) is 18.2 Å². The zero-order valence-corrected chi connectivity index (χ0v) is 16.4. The Morgan fingerprint density at radius 3 is 2.08 bits per heavy atom. The van der Waals surface area contributed by atoms with Crippen LogP contribution in [0, 0.1) is 0 Å². The summed E-state index contributed by atoms with van der Waals surface area (Å²) in [4.78, 5) is 15.0. The van der Waals surface area contributed by atoms with Crippen LogP contribution >= 0.6 is 11.8 Å². The molecule has 0 saturated carbocycles. The molecular weight excluding hydrogens is 326 g/mol. The van der Waals surface area contributed by atoms with Crippen LogP contribution in [0.5, 0.6) is 0 Å². The molecule has 0 N–H and O–H groups in total. The lowest BCUT2D eigenvalue weighted by Crippen LogP contribution is -2.26. The third-order valence-electron chi connectivity index (χ3n) is 4.66. The Kier molecular flexibility index (Phi) is 8.23. The molecule has 3 heteroatoms. The van der Waals surface area contributed by atoms with Gasteiger partial charge in [0.25, 0.3) is 0 Å². The second-order valence-electron chi connectivity index (χ2n) is 6.14. The van der Waals surface area contributed by atoms with Crippen molar-refractivity contribution in [3.63, 3.8) is 0 Å². The van der Waals surface area contributed by atoms with Gasteiger partial charge in [-0.05, 0) is 36.2 Å². The van der Waals surface area contributed by atoms with E-state index in [-0.39, 0.29) is 5.92 Å². The first-order chi connectivity index (χ1) is 12.2. The van der Waals surface area contributed by atoms with Gasteiger partial charge in [0.2, 0.25) is 0 Å². The van der Waals surface area contributed by atoms with E-state index in [2.05, 4.69) is 62.1 Å². The summed E-state index contributed by atoms with van der Waals surface area (Å²) in [5, 5.41) is 0.294. The quantitative estimate of drug-likeness (QED) is 0.596. The number of hydrogen-bond donors (Lipinski definition) is 0. The van der Waals surface area contributed by atoms with Crippen molar-refractivity contribution in [2.45, 2.75) is 33.1 Å². The largest absolute Gasteiger partial charge is 0.303 e. The summed E-state index contributed by atoms with van der Waals surface area (Å²) in [7, 11) is 0. The maximum atomic E-state index is 12.6. The molecule has 134 valence electrons. The van der Waals surface area contributed by atoms with Gasteiger partial charge >= 0.3 is 0 Å². The van der Waals surface area contributed by atoms with Crippen molar-refractivity contribution in [3.05, 3.63) is 60.2 Å². The molecule has 1 atom stereocenters. The number of carbonyl (C=O) groups is 1. The van der Waals surface area contributed by atoms with E-state index in [4.69, 9.17) is 0 Å². The van der Waals surface area contributed by atoms with Crippen LogP contribution in [0.25, 0.3) is 11.1 Å². The molecule has 0 heterocycles. The first-order valence-corrected chi connectivity index (χ1v) is 10.2. The normalized spacial score (nSPS) is 12.3. The number of nitrogens with zero attached hydrogens (tertiary/aromatic N) is 1. The van der Waals surface area contributed by atoms with Gasteiger partial charge in [-0.15, -0.1) is 0 Å². The van der Waals surface area contributed by atoms with Gasteiger partial charge in [-0.2, -0.15) is 0 Å². The molecule has 0 fully saturated rings. The Morgan fingerprint density at radius 2 is 1.52 bits per heavy atom. The van der Waals surface area contributed by atoms with Crippen molar-refractivity contribution in [3.8, 4) is 11.1 Å². The second-order valence-corrected chi connectivity index (χ2v) is 7.24. The first kappa shape index (κ1) is 19.7. The van der Waals surface area contributed by atoms with E-state index in [1.54, 1.807) is 0 Å². The average molecular weight is 356 g/mol. The van der Waals surface area contributed by atoms with Crippen LogP contribution in [0.15, 0.2) is 54.6 Å². The van der Waals surface area contributed by atoms with Crippen LogP contribution in [0.2, 0.25) is 0 Å². The van der Waals surface area contributed by atoms with Gasteiger partial charge in [-0.25, -0.2) is 0 Å². The molecular formula is C22H29NOS. The van der Waals surface area contributed by atoms with Gasteiger partial charge < -0.3 is 4.90 Å². The van der Waals surface area contributed by atoms with Crippen LogP contribution in [-0.2, 0) is 4.79 Å². The molecule has 0 saturated heterocycles. The third-order valence-corrected chi connectivity index (χ3v) is 5.61. The third kappa shape index (κ3) is 5.72. The fraction of sp³-hybridized carbons (Fsp3) is 0.409. The highest BCUT2D eigenvalue weighted by Crippen LogP contribution is 2.28. The summed E-state index contributed by atoms with van der Waals surface area (Å²) in [6, 6.07) is 18.8. The lowest BCUT2D eigenvalue weighted by molar-refractivity contribution is -0.112. The van der Waals surface area contributed by atoms with Gasteiger partial charge in [-0.3, -0.25) is 4.79 Å². The smallest absolute Gasteiger partial charge is 0.196 e. The Morgan fingerprint density at radius 1 is 0.920 bits per heavy atom. The number of carbonyl (C=O) groups excluding carboxylic acids is 1. The van der Waals surface area contributed by atoms with Crippen LogP contribution < -0.4 is 0 Å². The molecule has 0 spiro atoms. The zero-order chi connectivity index (χ0) is 18.1. The summed E-state index contributed by atoms with van der Waals surface area (Å²) in [6.45, 7) is 9.50. The van der Waals surface area contributed by atoms with E-state index in [1.165, 1.54) is 22.9 Å². The minimum atomic E-state index is -0.00785. The fourth-order valence-corrected chi connectivity index (χ4v) is 4.05. The Labute approximate surface area is 156 Å². The molecule has 0 unspecified atom stereocenters. The summed E-state index contributed by atoms with van der Waals surface area (Å²) in [5.74, 6) is 0.866. The molecule has 0 radical (unpaired) electrons. The molecule has 0 amide bonds. The zero-order valence-electron chi connectivity index (χ0n) is 15.6. The van der Waals surface area contributed by atoms with Gasteiger partial charge in [0.05, 0.1) is 5.92 Å². The number of benzene rings is 2. The summed E-state index contributed by atoms with van der Waals surface area (Å²) < 4.78 is 0. The lowest BCUT2D eigenvalue weighted by Gasteiger charge is -2.18. The van der Waals surface area contributed by atoms with Crippen LogP contribution in [0.3, 0.4) is 0 Å². The average Bonchev–Trinajstić information content (AvgIpc) is 2.67. The molecule has 0 aliphatic heterocycles. The van der Waals surface area contributed by atoms with Crippen molar-refractivity contribution < 1.29 is 4.79 Å². The maximum Gasteiger partial charge on any atom is 0.196 e. The number of thioether (sulfide) groups is 1. The van der Waals surface area contributed by atoms with Gasteiger partial charge in [-0.1, -0.05) is 87.1 Å². The van der Waals surface area contributed by atoms with E-state index in [0.717, 1.165) is 37.4 Å². The SMILES string of the molecule is CC[C@@H](C(=O)SCCN(CC)CC)c1ccc(-c2ccccc2)cc1. The molecule has 0 aliphatic carbocycles. The standard InChI is InChI=1S/C22H29NOS/c1-4-21(22(24)25-17-16-23(5-2)6-3)20-14-12-19(13-15-20)18-10-8-7-9-11-18/h7-15,21H,4-6,16-17H2,1-3H3/t21-/m1/s1. The van der Waals surface area contributed by atoms with E-state index >= 15 is 0 Å². The molecule has 0 bridgehead atoms. The first-order valence-electron chi connectivity index (χ1n) is 9.23. The fourth-order valence-electron chi connectivity index (χ4n) is 2.99. The van der Waals surface area contributed by atoms with Crippen molar-refractivity contribution in [1.82, 2.24) is 4.90 Å². The maximum absolute atomic E-state index is 12.6. The van der Waals surface area contributed by atoms with Crippen LogP contribution in [0.1, 0.15) is 38.7 Å². The molecule has 2 aromatic rings. The second kappa shape index (κ2) is 10.4. The molecule has 0 aromatic heterocycles. The van der Waals surface area contributed by atoms with Crippen molar-refractivity contribution in [2.75, 3.05) is 25.4 Å². The van der Waals surface area contributed by atoms with Crippen molar-refractivity contribution in [2.24, 2.45) is 0 Å². The Bertz CT molecular complexity index is 635.